The molecule has 0 radical (unpaired) electrons. The van der Waals surface area contributed by atoms with E-state index >= 15 is 0 Å². The summed E-state index contributed by atoms with van der Waals surface area (Å²) in [6.07, 6.45) is 1.63. The van der Waals surface area contributed by atoms with Crippen LogP contribution in [0.2, 0.25) is 0 Å². The van der Waals surface area contributed by atoms with Crippen molar-refractivity contribution < 1.29 is 9.47 Å². The molecule has 2 nitrogen and oxygen atoms in total. The molecule has 0 aliphatic carbocycles. The first-order valence-electron chi connectivity index (χ1n) is 3.78. The van der Waals surface area contributed by atoms with Gasteiger partial charge in [0.25, 0.3) is 0 Å². The van der Waals surface area contributed by atoms with E-state index in [4.69, 9.17) is 32.7 Å². The van der Waals surface area contributed by atoms with Gasteiger partial charge in [-0.1, -0.05) is 39.1 Å². The van der Waals surface area contributed by atoms with Crippen LogP contribution >= 0.6 is 39.1 Å². The Bertz CT molecular complexity index is 400. The highest BCUT2D eigenvalue weighted by Gasteiger charge is 2.15. The molecule has 0 unspecified atom stereocenters. The van der Waals surface area contributed by atoms with Gasteiger partial charge in [-0.3, -0.25) is 0 Å². The van der Waals surface area contributed by atoms with Gasteiger partial charge in [0.2, 0.25) is 6.79 Å². The number of fused-ring (bicyclic) bond motifs is 1. The first kappa shape index (κ1) is 10.1. The Morgan fingerprint density at radius 1 is 1.29 bits per heavy atom. The highest BCUT2D eigenvalue weighted by atomic mass is 79.9. The number of hydrogen-bond donors (Lipinski definition) is 0. The lowest BCUT2D eigenvalue weighted by Gasteiger charge is -2.01. The van der Waals surface area contributed by atoms with E-state index in [9.17, 15) is 0 Å². The van der Waals surface area contributed by atoms with E-state index in [1.807, 2.05) is 12.1 Å². The monoisotopic (exact) mass is 294 g/mol. The summed E-state index contributed by atoms with van der Waals surface area (Å²) in [6, 6.07) is 3.64. The third kappa shape index (κ3) is 2.00. The molecular formula is C9H5BrCl2O2. The predicted octanol–water partition coefficient (Wildman–Crippen LogP) is 3.95. The molecule has 74 valence electrons. The molecule has 5 heteroatoms. The van der Waals surface area contributed by atoms with Crippen LogP contribution in [0.3, 0.4) is 0 Å². The molecular weight excluding hydrogens is 291 g/mol. The zero-order valence-electron chi connectivity index (χ0n) is 6.89. The Kier molecular flexibility index (Phi) is 2.91. The fourth-order valence-electron chi connectivity index (χ4n) is 1.16. The van der Waals surface area contributed by atoms with Gasteiger partial charge in [-0.05, 0) is 23.8 Å². The van der Waals surface area contributed by atoms with Gasteiger partial charge < -0.3 is 9.47 Å². The van der Waals surface area contributed by atoms with Crippen molar-refractivity contribution >= 4 is 45.2 Å². The lowest BCUT2D eigenvalue weighted by Crippen LogP contribution is -1.92. The third-order valence-electron chi connectivity index (χ3n) is 1.76. The van der Waals surface area contributed by atoms with Crippen molar-refractivity contribution in [2.45, 2.75) is 0 Å². The lowest BCUT2D eigenvalue weighted by molar-refractivity contribution is 0.174. The van der Waals surface area contributed by atoms with Gasteiger partial charge in [0.15, 0.2) is 11.5 Å². The van der Waals surface area contributed by atoms with E-state index in [-0.39, 0.29) is 11.3 Å². The summed E-state index contributed by atoms with van der Waals surface area (Å²) < 4.78 is 11.5. The molecule has 0 amide bonds. The number of benzene rings is 1. The lowest BCUT2D eigenvalue weighted by atomic mass is 10.2. The minimum Gasteiger partial charge on any atom is -0.454 e. The predicted molar refractivity (Wildman–Crippen MR) is 59.9 cm³/mol. The number of rotatable bonds is 1. The molecule has 0 saturated heterocycles. The van der Waals surface area contributed by atoms with Gasteiger partial charge in [-0.15, -0.1) is 0 Å². The fraction of sp³-hybridized carbons (Fsp3) is 0.111. The quantitative estimate of drug-likeness (QED) is 0.781. The molecule has 0 aromatic heterocycles. The van der Waals surface area contributed by atoms with Crippen LogP contribution in [-0.4, -0.2) is 6.79 Å². The molecule has 2 rings (SSSR count). The van der Waals surface area contributed by atoms with Crippen LogP contribution in [0.5, 0.6) is 11.5 Å². The summed E-state index contributed by atoms with van der Waals surface area (Å²) in [4.78, 5) is 0. The zero-order valence-corrected chi connectivity index (χ0v) is 9.99. The van der Waals surface area contributed by atoms with Crippen molar-refractivity contribution in [2.75, 3.05) is 6.79 Å². The van der Waals surface area contributed by atoms with Crippen LogP contribution in [0, 0.1) is 0 Å². The second-order valence-corrected chi connectivity index (χ2v) is 4.52. The SMILES string of the molecule is ClC(Cl)=Cc1cc2c(cc1Br)OCO2. The second-order valence-electron chi connectivity index (χ2n) is 2.66. The van der Waals surface area contributed by atoms with Gasteiger partial charge >= 0.3 is 0 Å². The van der Waals surface area contributed by atoms with E-state index in [2.05, 4.69) is 15.9 Å². The van der Waals surface area contributed by atoms with Crippen LogP contribution in [0.1, 0.15) is 5.56 Å². The van der Waals surface area contributed by atoms with E-state index in [1.165, 1.54) is 0 Å². The maximum Gasteiger partial charge on any atom is 0.231 e. The minimum atomic E-state index is 0.199. The molecule has 0 fully saturated rings. The van der Waals surface area contributed by atoms with Crippen LogP contribution in [0.4, 0.5) is 0 Å². The normalized spacial score (nSPS) is 12.8. The van der Waals surface area contributed by atoms with Crippen molar-refractivity contribution in [1.82, 2.24) is 0 Å². The first-order chi connectivity index (χ1) is 6.66. The smallest absolute Gasteiger partial charge is 0.231 e. The molecule has 0 N–H and O–H groups in total. The third-order valence-corrected chi connectivity index (χ3v) is 2.66. The number of ether oxygens (including phenoxy) is 2. The molecule has 0 bridgehead atoms. The van der Waals surface area contributed by atoms with Crippen molar-refractivity contribution in [3.05, 3.63) is 26.7 Å². The fourth-order valence-corrected chi connectivity index (χ4v) is 1.83. The largest absolute Gasteiger partial charge is 0.454 e. The van der Waals surface area contributed by atoms with Crippen molar-refractivity contribution in [2.24, 2.45) is 0 Å². The second kappa shape index (κ2) is 4.01. The molecule has 1 heterocycles. The van der Waals surface area contributed by atoms with Gasteiger partial charge in [0, 0.05) is 4.47 Å². The van der Waals surface area contributed by atoms with E-state index in [0.29, 0.717) is 5.75 Å². The molecule has 14 heavy (non-hydrogen) atoms. The number of hydrogen-bond acceptors (Lipinski definition) is 2. The van der Waals surface area contributed by atoms with Crippen LogP contribution in [0.25, 0.3) is 6.08 Å². The molecule has 0 saturated carbocycles. The van der Waals surface area contributed by atoms with Crippen LogP contribution < -0.4 is 9.47 Å². The van der Waals surface area contributed by atoms with Crippen molar-refractivity contribution in [3.8, 4) is 11.5 Å². The summed E-state index contributed by atoms with van der Waals surface area (Å²) in [6.45, 7) is 0.254. The maximum absolute atomic E-state index is 5.57. The van der Waals surface area contributed by atoms with E-state index in [0.717, 1.165) is 15.8 Å². The first-order valence-corrected chi connectivity index (χ1v) is 5.33. The van der Waals surface area contributed by atoms with Crippen molar-refractivity contribution in [3.63, 3.8) is 0 Å². The van der Waals surface area contributed by atoms with Gasteiger partial charge in [0.05, 0.1) is 0 Å². The Morgan fingerprint density at radius 3 is 2.57 bits per heavy atom. The summed E-state index contributed by atoms with van der Waals surface area (Å²) >= 11 is 14.5. The minimum absolute atomic E-state index is 0.199. The topological polar surface area (TPSA) is 18.5 Å². The van der Waals surface area contributed by atoms with Crippen molar-refractivity contribution in [1.29, 1.82) is 0 Å². The van der Waals surface area contributed by atoms with E-state index in [1.54, 1.807) is 6.08 Å². The Morgan fingerprint density at radius 2 is 1.93 bits per heavy atom. The zero-order chi connectivity index (χ0) is 10.1. The Labute approximate surface area is 99.5 Å². The molecule has 1 aromatic carbocycles. The van der Waals surface area contributed by atoms with Gasteiger partial charge in [-0.25, -0.2) is 0 Å². The van der Waals surface area contributed by atoms with Crippen LogP contribution in [0.15, 0.2) is 21.1 Å². The Hall–Kier alpha value is -0.380. The number of halogens is 3. The summed E-state index contributed by atoms with van der Waals surface area (Å²) in [7, 11) is 0. The summed E-state index contributed by atoms with van der Waals surface area (Å²) in [5.74, 6) is 1.42. The highest BCUT2D eigenvalue weighted by Crippen LogP contribution is 2.37. The van der Waals surface area contributed by atoms with E-state index < -0.39 is 0 Å². The molecule has 1 aromatic rings. The molecule has 0 spiro atoms. The average Bonchev–Trinajstić information content (AvgIpc) is 2.51. The summed E-state index contributed by atoms with van der Waals surface area (Å²) in [5.41, 5.74) is 0.856. The van der Waals surface area contributed by atoms with Crippen LogP contribution in [-0.2, 0) is 0 Å². The average molecular weight is 296 g/mol. The standard InChI is InChI=1S/C9H5BrCl2O2/c10-6-3-8-7(13-4-14-8)1-5(6)2-9(11)12/h1-3H,4H2. The molecule has 0 atom stereocenters. The Balaban J connectivity index is 2.47. The maximum atomic E-state index is 5.57. The van der Waals surface area contributed by atoms with Gasteiger partial charge in [0.1, 0.15) is 4.49 Å². The molecule has 1 aliphatic rings. The summed E-state index contributed by atoms with van der Waals surface area (Å²) in [5, 5.41) is 0. The molecule has 1 aliphatic heterocycles. The highest BCUT2D eigenvalue weighted by molar-refractivity contribution is 9.10. The van der Waals surface area contributed by atoms with Gasteiger partial charge in [-0.2, -0.15) is 0 Å².